The summed E-state index contributed by atoms with van der Waals surface area (Å²) < 4.78 is 10.9. The molecule has 0 radical (unpaired) electrons. The third kappa shape index (κ3) is 3.32. The highest BCUT2D eigenvalue weighted by Gasteiger charge is 2.46. The van der Waals surface area contributed by atoms with Crippen molar-refractivity contribution in [2.45, 2.75) is 6.04 Å². The van der Waals surface area contributed by atoms with Crippen molar-refractivity contribution < 1.29 is 9.15 Å². The van der Waals surface area contributed by atoms with Gasteiger partial charge in [-0.15, -0.1) is 24.8 Å². The van der Waals surface area contributed by atoms with Gasteiger partial charge in [0.2, 0.25) is 0 Å². The predicted octanol–water partition coefficient (Wildman–Crippen LogP) is 4.42. The smallest absolute Gasteiger partial charge is 0.139 e. The number of halogens is 2. The van der Waals surface area contributed by atoms with E-state index >= 15 is 0 Å². The molecule has 2 saturated heterocycles. The molecule has 5 rings (SSSR count). The molecule has 3 atom stereocenters. The maximum absolute atomic E-state index is 5.55. The van der Waals surface area contributed by atoms with Crippen LogP contribution in [-0.4, -0.2) is 43.7 Å². The van der Waals surface area contributed by atoms with Crippen LogP contribution in [0.4, 0.5) is 5.82 Å². The van der Waals surface area contributed by atoms with Crippen LogP contribution in [0.5, 0.6) is 5.75 Å². The number of furan rings is 1. The standard InChI is InChI=1S/C21H23N3O2.2ClH/c1-23-11-15-12-24(21-17-8-10-26-19(17)7-9-22-21)13-18(15)20(23)14-3-5-16(25-2)6-4-14;;/h3-10,15,18,20H,11-13H2,1-2H3;2*1H/t15-,18+,20-;;/m0../s1. The summed E-state index contributed by atoms with van der Waals surface area (Å²) in [6.45, 7) is 3.21. The molecule has 2 aliphatic heterocycles. The van der Waals surface area contributed by atoms with Crippen LogP contribution in [0.25, 0.3) is 11.0 Å². The third-order valence-electron chi connectivity index (χ3n) is 6.01. The van der Waals surface area contributed by atoms with E-state index in [2.05, 4.69) is 46.1 Å². The Balaban J connectivity index is 0.00000112. The topological polar surface area (TPSA) is 41.7 Å². The van der Waals surface area contributed by atoms with Crippen LogP contribution in [0.1, 0.15) is 11.6 Å². The monoisotopic (exact) mass is 421 g/mol. The van der Waals surface area contributed by atoms with Crippen molar-refractivity contribution >= 4 is 41.6 Å². The van der Waals surface area contributed by atoms with Gasteiger partial charge < -0.3 is 14.1 Å². The maximum Gasteiger partial charge on any atom is 0.139 e. The number of rotatable bonds is 3. The second-order valence-electron chi connectivity index (χ2n) is 7.45. The quantitative estimate of drug-likeness (QED) is 0.625. The van der Waals surface area contributed by atoms with E-state index in [1.54, 1.807) is 13.4 Å². The van der Waals surface area contributed by atoms with E-state index in [4.69, 9.17) is 9.15 Å². The van der Waals surface area contributed by atoms with Gasteiger partial charge in [-0.1, -0.05) is 12.1 Å². The Morgan fingerprint density at radius 2 is 1.82 bits per heavy atom. The van der Waals surface area contributed by atoms with Gasteiger partial charge in [0.05, 0.1) is 18.8 Å². The van der Waals surface area contributed by atoms with Crippen molar-refractivity contribution in [3.8, 4) is 5.75 Å². The van der Waals surface area contributed by atoms with Gasteiger partial charge in [-0.2, -0.15) is 0 Å². The predicted molar refractivity (Wildman–Crippen MR) is 116 cm³/mol. The summed E-state index contributed by atoms with van der Waals surface area (Å²) in [5.74, 6) is 3.24. The van der Waals surface area contributed by atoms with Crippen molar-refractivity contribution in [3.05, 3.63) is 54.4 Å². The first-order chi connectivity index (χ1) is 12.7. The molecule has 4 heterocycles. The van der Waals surface area contributed by atoms with E-state index in [0.29, 0.717) is 17.9 Å². The lowest BCUT2D eigenvalue weighted by molar-refractivity contribution is 0.279. The Hall–Kier alpha value is -1.95. The number of pyridine rings is 1. The Morgan fingerprint density at radius 1 is 1.04 bits per heavy atom. The van der Waals surface area contributed by atoms with Gasteiger partial charge >= 0.3 is 0 Å². The van der Waals surface area contributed by atoms with Crippen molar-refractivity contribution in [2.75, 3.05) is 38.7 Å². The van der Waals surface area contributed by atoms with Gasteiger partial charge in [-0.05, 0) is 42.8 Å². The molecule has 0 aliphatic carbocycles. The van der Waals surface area contributed by atoms with Crippen LogP contribution >= 0.6 is 24.8 Å². The Kier molecular flexibility index (Phi) is 6.08. The fourth-order valence-electron chi connectivity index (χ4n) is 4.87. The fourth-order valence-corrected chi connectivity index (χ4v) is 4.87. The number of anilines is 1. The average Bonchev–Trinajstić information content (AvgIpc) is 3.35. The van der Waals surface area contributed by atoms with E-state index in [1.165, 1.54) is 5.56 Å². The third-order valence-corrected chi connectivity index (χ3v) is 6.01. The largest absolute Gasteiger partial charge is 0.497 e. The number of hydrogen-bond donors (Lipinski definition) is 0. The molecule has 0 spiro atoms. The second kappa shape index (κ2) is 8.19. The SMILES string of the molecule is COc1ccc([C@H]2[C@@H]3CN(c4nccc5occc45)C[C@@H]3CN2C)cc1.Cl.Cl. The minimum absolute atomic E-state index is 0. The molecule has 0 unspecified atom stereocenters. The maximum atomic E-state index is 5.55. The summed E-state index contributed by atoms with van der Waals surface area (Å²) in [4.78, 5) is 9.61. The van der Waals surface area contributed by atoms with E-state index in [0.717, 1.165) is 42.2 Å². The molecule has 0 saturated carbocycles. The zero-order valence-electron chi connectivity index (χ0n) is 15.9. The zero-order chi connectivity index (χ0) is 17.7. The van der Waals surface area contributed by atoms with Crippen molar-refractivity contribution in [2.24, 2.45) is 11.8 Å². The molecule has 0 N–H and O–H groups in total. The van der Waals surface area contributed by atoms with Gasteiger partial charge in [-0.25, -0.2) is 4.98 Å². The molecule has 5 nitrogen and oxygen atoms in total. The van der Waals surface area contributed by atoms with Gasteiger partial charge in [-0.3, -0.25) is 4.90 Å². The summed E-state index contributed by atoms with van der Waals surface area (Å²) in [5, 5.41) is 1.11. The molecule has 3 aromatic rings. The highest BCUT2D eigenvalue weighted by atomic mass is 35.5. The van der Waals surface area contributed by atoms with E-state index in [-0.39, 0.29) is 24.8 Å². The van der Waals surface area contributed by atoms with Crippen molar-refractivity contribution in [1.29, 1.82) is 0 Å². The van der Waals surface area contributed by atoms with Crippen LogP contribution in [0.2, 0.25) is 0 Å². The van der Waals surface area contributed by atoms with E-state index in [9.17, 15) is 0 Å². The van der Waals surface area contributed by atoms with Crippen LogP contribution in [0.3, 0.4) is 0 Å². The molecule has 150 valence electrons. The Morgan fingerprint density at radius 3 is 2.57 bits per heavy atom. The number of nitrogens with zero attached hydrogens (tertiary/aromatic N) is 3. The second-order valence-corrected chi connectivity index (χ2v) is 7.45. The number of hydrogen-bond acceptors (Lipinski definition) is 5. The highest BCUT2D eigenvalue weighted by molar-refractivity contribution is 5.88. The Bertz CT molecular complexity index is 931. The number of fused-ring (bicyclic) bond motifs is 2. The summed E-state index contributed by atoms with van der Waals surface area (Å²) in [5.41, 5.74) is 2.29. The summed E-state index contributed by atoms with van der Waals surface area (Å²) in [6, 6.07) is 13.0. The number of aromatic nitrogens is 1. The molecule has 2 aliphatic rings. The molecule has 1 aromatic carbocycles. The van der Waals surface area contributed by atoms with Gasteiger partial charge in [0, 0.05) is 37.8 Å². The van der Waals surface area contributed by atoms with Gasteiger partial charge in [0.15, 0.2) is 0 Å². The summed E-state index contributed by atoms with van der Waals surface area (Å²) in [6.07, 6.45) is 3.60. The molecular formula is C21H25Cl2N3O2. The molecule has 0 bridgehead atoms. The molecule has 7 heteroatoms. The lowest BCUT2D eigenvalue weighted by Gasteiger charge is -2.27. The lowest BCUT2D eigenvalue weighted by Crippen LogP contribution is -2.29. The van der Waals surface area contributed by atoms with E-state index < -0.39 is 0 Å². The first-order valence-corrected chi connectivity index (χ1v) is 9.16. The first-order valence-electron chi connectivity index (χ1n) is 9.16. The number of ether oxygens (including phenoxy) is 1. The van der Waals surface area contributed by atoms with Gasteiger partial charge in [0.25, 0.3) is 0 Å². The Labute approximate surface area is 177 Å². The number of benzene rings is 1. The minimum Gasteiger partial charge on any atom is -0.497 e. The minimum atomic E-state index is 0. The first kappa shape index (κ1) is 20.8. The number of methoxy groups -OCH3 is 1. The highest BCUT2D eigenvalue weighted by Crippen LogP contribution is 2.45. The number of likely N-dealkylation sites (tertiary alicyclic amines) is 1. The van der Waals surface area contributed by atoms with Crippen LogP contribution in [0.15, 0.2) is 53.3 Å². The van der Waals surface area contributed by atoms with Crippen LogP contribution < -0.4 is 9.64 Å². The molecule has 2 fully saturated rings. The fraction of sp³-hybridized carbons (Fsp3) is 0.381. The van der Waals surface area contributed by atoms with Gasteiger partial charge in [0.1, 0.15) is 17.2 Å². The zero-order valence-corrected chi connectivity index (χ0v) is 17.6. The molecular weight excluding hydrogens is 397 g/mol. The van der Waals surface area contributed by atoms with E-state index in [1.807, 2.05) is 18.3 Å². The molecule has 2 aromatic heterocycles. The van der Waals surface area contributed by atoms with Crippen LogP contribution in [-0.2, 0) is 0 Å². The summed E-state index contributed by atoms with van der Waals surface area (Å²) >= 11 is 0. The van der Waals surface area contributed by atoms with Crippen molar-refractivity contribution in [1.82, 2.24) is 9.88 Å². The van der Waals surface area contributed by atoms with Crippen molar-refractivity contribution in [3.63, 3.8) is 0 Å². The van der Waals surface area contributed by atoms with Crippen LogP contribution in [0, 0.1) is 11.8 Å². The lowest BCUT2D eigenvalue weighted by atomic mass is 9.89. The average molecular weight is 422 g/mol. The molecule has 28 heavy (non-hydrogen) atoms. The summed E-state index contributed by atoms with van der Waals surface area (Å²) in [7, 11) is 3.96. The molecule has 0 amide bonds. The normalized spacial score (nSPS) is 23.9.